The zero-order valence-electron chi connectivity index (χ0n) is 6.72. The Morgan fingerprint density at radius 3 is 2.82 bits per heavy atom. The Kier molecular flexibility index (Phi) is 7.03. The molecule has 4 heteroatoms. The molecular weight excluding hydrogens is 160 g/mol. The fraction of sp³-hybridized carbons (Fsp3) is 0.714. The minimum absolute atomic E-state index is 0.212. The van der Waals surface area contributed by atoms with Crippen molar-refractivity contribution in [3.8, 4) is 0 Å². The molecule has 0 fully saturated rings. The van der Waals surface area contributed by atoms with Crippen molar-refractivity contribution in [2.45, 2.75) is 26.2 Å². The molecule has 0 saturated heterocycles. The topological polar surface area (TPSA) is 41.1 Å². The highest BCUT2D eigenvalue weighted by molar-refractivity contribution is 7.78. The van der Waals surface area contributed by atoms with Gasteiger partial charge in [-0.1, -0.05) is 32.0 Å². The quantitative estimate of drug-likeness (QED) is 0.489. The lowest BCUT2D eigenvalue weighted by molar-refractivity contribution is 0.245. The molecule has 0 aromatic heterocycles. The first-order chi connectivity index (χ1) is 5.31. The van der Waals surface area contributed by atoms with Crippen LogP contribution in [0.1, 0.15) is 26.2 Å². The first-order valence-electron chi connectivity index (χ1n) is 3.79. The first kappa shape index (κ1) is 10.4. The number of carbonyl (C=O) groups is 1. The fourth-order valence-corrected chi connectivity index (χ4v) is 0.789. The summed E-state index contributed by atoms with van der Waals surface area (Å²) in [6, 6.07) is -0.212. The van der Waals surface area contributed by atoms with Crippen LogP contribution in [0.3, 0.4) is 0 Å². The van der Waals surface area contributed by atoms with Crippen molar-refractivity contribution in [3.05, 3.63) is 0 Å². The normalized spacial score (nSPS) is 8.82. The second-order valence-corrected chi connectivity index (χ2v) is 2.46. The molecule has 11 heavy (non-hydrogen) atoms. The molecule has 2 N–H and O–H groups in total. The third kappa shape index (κ3) is 7.25. The van der Waals surface area contributed by atoms with Crippen LogP contribution in [0.15, 0.2) is 0 Å². The van der Waals surface area contributed by atoms with E-state index < -0.39 is 0 Å². The fourth-order valence-electron chi connectivity index (χ4n) is 0.681. The summed E-state index contributed by atoms with van der Waals surface area (Å²) in [4.78, 5) is 10.7. The van der Waals surface area contributed by atoms with E-state index in [0.29, 0.717) is 0 Å². The molecule has 0 rings (SSSR count). The maximum atomic E-state index is 10.7. The monoisotopic (exact) mass is 174 g/mol. The maximum absolute atomic E-state index is 10.7. The summed E-state index contributed by atoms with van der Waals surface area (Å²) in [5, 5.41) is 5.03. The largest absolute Gasteiger partial charge is 0.338 e. The third-order valence-corrected chi connectivity index (χ3v) is 1.37. The summed E-state index contributed by atoms with van der Waals surface area (Å²) in [6.07, 6.45) is 3.34. The predicted octanol–water partition coefficient (Wildman–Crippen LogP) is 1.43. The van der Waals surface area contributed by atoms with Crippen LogP contribution in [0, 0.1) is 0 Å². The van der Waals surface area contributed by atoms with Gasteiger partial charge in [0.2, 0.25) is 0 Å². The van der Waals surface area contributed by atoms with Gasteiger partial charge in [-0.3, -0.25) is 0 Å². The molecule has 3 nitrogen and oxygen atoms in total. The van der Waals surface area contributed by atoms with E-state index in [2.05, 4.69) is 29.8 Å². The molecule has 0 unspecified atom stereocenters. The van der Waals surface area contributed by atoms with Crippen molar-refractivity contribution in [2.75, 3.05) is 6.54 Å². The summed E-state index contributed by atoms with van der Waals surface area (Å²) in [6.45, 7) is 2.85. The molecule has 0 aliphatic heterocycles. The Labute approximate surface area is 72.5 Å². The third-order valence-electron chi connectivity index (χ3n) is 1.26. The highest BCUT2D eigenvalue weighted by atomic mass is 32.1. The molecule has 2 amide bonds. The Hall–Kier alpha value is -0.640. The zero-order valence-corrected chi connectivity index (χ0v) is 7.54. The Morgan fingerprint density at radius 1 is 1.55 bits per heavy atom. The van der Waals surface area contributed by atoms with Crippen molar-refractivity contribution in [2.24, 2.45) is 0 Å². The van der Waals surface area contributed by atoms with Crippen molar-refractivity contribution < 1.29 is 4.79 Å². The molecule has 0 aromatic rings. The van der Waals surface area contributed by atoms with Gasteiger partial charge in [-0.15, -0.1) is 0 Å². The van der Waals surface area contributed by atoms with E-state index in [0.717, 1.165) is 25.8 Å². The van der Waals surface area contributed by atoms with Crippen molar-refractivity contribution in [1.82, 2.24) is 10.6 Å². The van der Waals surface area contributed by atoms with Crippen LogP contribution in [0.5, 0.6) is 0 Å². The highest BCUT2D eigenvalue weighted by Gasteiger charge is 1.93. The molecule has 0 aliphatic rings. The number of hydrogen-bond donors (Lipinski definition) is 2. The van der Waals surface area contributed by atoms with Crippen LogP contribution in [0.25, 0.3) is 0 Å². The summed E-state index contributed by atoms with van der Waals surface area (Å²) >= 11 is 4.43. The van der Waals surface area contributed by atoms with E-state index in [-0.39, 0.29) is 6.03 Å². The van der Waals surface area contributed by atoms with Crippen LogP contribution >= 0.6 is 12.2 Å². The summed E-state index contributed by atoms with van der Waals surface area (Å²) < 4.78 is 0. The maximum Gasteiger partial charge on any atom is 0.319 e. The van der Waals surface area contributed by atoms with Crippen LogP contribution < -0.4 is 10.6 Å². The number of thiocarbonyl (C=S) groups is 1. The van der Waals surface area contributed by atoms with Crippen LogP contribution in [0.2, 0.25) is 0 Å². The molecule has 0 radical (unpaired) electrons. The Bertz CT molecular complexity index is 128. The van der Waals surface area contributed by atoms with Gasteiger partial charge >= 0.3 is 6.03 Å². The van der Waals surface area contributed by atoms with Gasteiger partial charge in [0.1, 0.15) is 0 Å². The molecule has 0 spiro atoms. The van der Waals surface area contributed by atoms with Crippen LogP contribution in [-0.2, 0) is 0 Å². The number of carbonyl (C=O) groups excluding carboxylic acids is 1. The minimum Gasteiger partial charge on any atom is -0.338 e. The molecular formula is C7H14N2OS. The Balaban J connectivity index is 3.10. The van der Waals surface area contributed by atoms with Gasteiger partial charge in [0.05, 0.1) is 5.49 Å². The van der Waals surface area contributed by atoms with Gasteiger partial charge in [0, 0.05) is 6.54 Å². The van der Waals surface area contributed by atoms with Gasteiger partial charge in [-0.2, -0.15) is 0 Å². The zero-order chi connectivity index (χ0) is 8.53. The van der Waals surface area contributed by atoms with Crippen LogP contribution in [0.4, 0.5) is 4.79 Å². The first-order valence-corrected chi connectivity index (χ1v) is 4.26. The lowest BCUT2D eigenvalue weighted by Gasteiger charge is -2.01. The molecule has 0 heterocycles. The predicted molar refractivity (Wildman–Crippen MR) is 49.7 cm³/mol. The van der Waals surface area contributed by atoms with E-state index in [1.165, 1.54) is 5.49 Å². The number of urea groups is 1. The second-order valence-electron chi connectivity index (χ2n) is 2.23. The highest BCUT2D eigenvalue weighted by Crippen LogP contribution is 1.90. The van der Waals surface area contributed by atoms with Gasteiger partial charge in [0.15, 0.2) is 0 Å². The van der Waals surface area contributed by atoms with Gasteiger partial charge in [-0.25, -0.2) is 4.79 Å². The van der Waals surface area contributed by atoms with Gasteiger partial charge < -0.3 is 10.6 Å². The van der Waals surface area contributed by atoms with Crippen molar-refractivity contribution in [3.63, 3.8) is 0 Å². The Morgan fingerprint density at radius 2 is 2.27 bits per heavy atom. The lowest BCUT2D eigenvalue weighted by atomic mass is 10.2. The lowest BCUT2D eigenvalue weighted by Crippen LogP contribution is -2.34. The average molecular weight is 174 g/mol. The van der Waals surface area contributed by atoms with Crippen LogP contribution in [-0.4, -0.2) is 18.1 Å². The molecule has 0 aromatic carbocycles. The summed E-state index contributed by atoms with van der Waals surface area (Å²) in [5.41, 5.74) is 1.20. The SMILES string of the molecule is CCCCCNC(=O)NC=S. The van der Waals surface area contributed by atoms with Gasteiger partial charge in [0.25, 0.3) is 0 Å². The number of hydrogen-bond acceptors (Lipinski definition) is 2. The molecule has 0 saturated carbocycles. The summed E-state index contributed by atoms with van der Waals surface area (Å²) in [5.74, 6) is 0. The van der Waals surface area contributed by atoms with E-state index >= 15 is 0 Å². The molecule has 0 aliphatic carbocycles. The average Bonchev–Trinajstić information content (AvgIpc) is 1.99. The molecule has 0 bridgehead atoms. The number of amides is 2. The van der Waals surface area contributed by atoms with E-state index in [9.17, 15) is 4.79 Å². The van der Waals surface area contributed by atoms with E-state index in [1.54, 1.807) is 0 Å². The molecule has 0 atom stereocenters. The van der Waals surface area contributed by atoms with Gasteiger partial charge in [-0.05, 0) is 6.42 Å². The second kappa shape index (κ2) is 7.47. The number of unbranched alkanes of at least 4 members (excludes halogenated alkanes) is 2. The van der Waals surface area contributed by atoms with Crippen molar-refractivity contribution in [1.29, 1.82) is 0 Å². The van der Waals surface area contributed by atoms with Crippen molar-refractivity contribution >= 4 is 23.7 Å². The summed E-state index contributed by atoms with van der Waals surface area (Å²) in [7, 11) is 0. The standard InChI is InChI=1S/C7H14N2OS/c1-2-3-4-5-8-7(10)9-6-11/h6H,2-5H2,1H3,(H2,8,9,10,11). The molecule has 64 valence electrons. The number of nitrogens with one attached hydrogen (secondary N) is 2. The van der Waals surface area contributed by atoms with E-state index in [1.807, 2.05) is 0 Å². The number of rotatable bonds is 5. The minimum atomic E-state index is -0.212. The van der Waals surface area contributed by atoms with E-state index in [4.69, 9.17) is 0 Å². The smallest absolute Gasteiger partial charge is 0.319 e.